The molecule has 0 heterocycles. The predicted molar refractivity (Wildman–Crippen MR) is 55.1 cm³/mol. The van der Waals surface area contributed by atoms with E-state index in [1.807, 2.05) is 0 Å². The van der Waals surface area contributed by atoms with Crippen molar-refractivity contribution >= 4 is 5.97 Å². The minimum atomic E-state index is -0.367. The number of rotatable bonds is 5. The number of esters is 1. The Morgan fingerprint density at radius 1 is 1.20 bits per heavy atom. The SMILES string of the molecule is CCOC(=O)COc1ccc(OC)cc1. The van der Waals surface area contributed by atoms with Crippen LogP contribution >= 0.6 is 0 Å². The maximum atomic E-state index is 11.0. The van der Waals surface area contributed by atoms with E-state index in [1.165, 1.54) is 0 Å². The molecule has 0 saturated heterocycles. The number of ether oxygens (including phenoxy) is 3. The Morgan fingerprint density at radius 3 is 2.33 bits per heavy atom. The second-order valence-electron chi connectivity index (χ2n) is 2.77. The van der Waals surface area contributed by atoms with Crippen LogP contribution in [0.4, 0.5) is 0 Å². The summed E-state index contributed by atoms with van der Waals surface area (Å²) in [6.07, 6.45) is 0. The van der Waals surface area contributed by atoms with Crippen LogP contribution in [0.3, 0.4) is 0 Å². The zero-order valence-electron chi connectivity index (χ0n) is 8.86. The van der Waals surface area contributed by atoms with Crippen molar-refractivity contribution in [3.05, 3.63) is 24.3 Å². The largest absolute Gasteiger partial charge is 0.497 e. The molecule has 0 unspecified atom stereocenters. The number of carbonyl (C=O) groups excluding carboxylic acids is 1. The lowest BCUT2D eigenvalue weighted by Gasteiger charge is -2.06. The van der Waals surface area contributed by atoms with Crippen LogP contribution in [0.2, 0.25) is 0 Å². The fraction of sp³-hybridized carbons (Fsp3) is 0.364. The van der Waals surface area contributed by atoms with Crippen molar-refractivity contribution < 1.29 is 19.0 Å². The third-order valence-electron chi connectivity index (χ3n) is 1.72. The highest BCUT2D eigenvalue weighted by molar-refractivity contribution is 5.71. The Hall–Kier alpha value is -1.71. The van der Waals surface area contributed by atoms with Gasteiger partial charge in [0.25, 0.3) is 0 Å². The van der Waals surface area contributed by atoms with Crippen molar-refractivity contribution in [3.8, 4) is 11.5 Å². The molecule has 0 atom stereocenters. The Morgan fingerprint density at radius 2 is 1.80 bits per heavy atom. The van der Waals surface area contributed by atoms with Crippen LogP contribution in [0.5, 0.6) is 11.5 Å². The molecule has 1 aromatic carbocycles. The zero-order valence-corrected chi connectivity index (χ0v) is 8.86. The lowest BCUT2D eigenvalue weighted by Crippen LogP contribution is -2.14. The van der Waals surface area contributed by atoms with Crippen molar-refractivity contribution in [1.29, 1.82) is 0 Å². The average molecular weight is 210 g/mol. The first-order chi connectivity index (χ1) is 7.26. The highest BCUT2D eigenvalue weighted by atomic mass is 16.6. The van der Waals surface area contributed by atoms with Gasteiger partial charge in [-0.15, -0.1) is 0 Å². The first-order valence-corrected chi connectivity index (χ1v) is 4.68. The molecule has 0 spiro atoms. The van der Waals surface area contributed by atoms with Crippen molar-refractivity contribution in [2.75, 3.05) is 20.3 Å². The van der Waals surface area contributed by atoms with E-state index in [2.05, 4.69) is 0 Å². The summed E-state index contributed by atoms with van der Waals surface area (Å²) >= 11 is 0. The van der Waals surface area contributed by atoms with Crippen molar-refractivity contribution in [2.24, 2.45) is 0 Å². The summed E-state index contributed by atoms with van der Waals surface area (Å²) in [5, 5.41) is 0. The Bertz CT molecular complexity index is 305. The number of benzene rings is 1. The van der Waals surface area contributed by atoms with Crippen LogP contribution in [0.15, 0.2) is 24.3 Å². The maximum Gasteiger partial charge on any atom is 0.344 e. The Labute approximate surface area is 88.8 Å². The minimum Gasteiger partial charge on any atom is -0.497 e. The molecule has 82 valence electrons. The molecule has 0 saturated carbocycles. The molecule has 15 heavy (non-hydrogen) atoms. The van der Waals surface area contributed by atoms with Crippen LogP contribution in [-0.2, 0) is 9.53 Å². The molecule has 4 nitrogen and oxygen atoms in total. The van der Waals surface area contributed by atoms with Crippen molar-refractivity contribution in [2.45, 2.75) is 6.92 Å². The molecule has 0 fully saturated rings. The van der Waals surface area contributed by atoms with Gasteiger partial charge in [-0.25, -0.2) is 4.79 Å². The van der Waals surface area contributed by atoms with Crippen LogP contribution in [0.25, 0.3) is 0 Å². The molecule has 0 radical (unpaired) electrons. The third kappa shape index (κ3) is 3.89. The Balaban J connectivity index is 2.40. The van der Waals surface area contributed by atoms with Gasteiger partial charge in [0.2, 0.25) is 0 Å². The lowest BCUT2D eigenvalue weighted by molar-refractivity contribution is -0.145. The first kappa shape index (κ1) is 11.4. The second-order valence-corrected chi connectivity index (χ2v) is 2.77. The van der Waals surface area contributed by atoms with E-state index in [-0.39, 0.29) is 12.6 Å². The van der Waals surface area contributed by atoms with Crippen molar-refractivity contribution in [3.63, 3.8) is 0 Å². The second kappa shape index (κ2) is 5.90. The van der Waals surface area contributed by atoms with Crippen molar-refractivity contribution in [1.82, 2.24) is 0 Å². The molecule has 0 aliphatic rings. The smallest absolute Gasteiger partial charge is 0.344 e. The average Bonchev–Trinajstić information content (AvgIpc) is 2.27. The topological polar surface area (TPSA) is 44.8 Å². The number of hydrogen-bond acceptors (Lipinski definition) is 4. The summed E-state index contributed by atoms with van der Waals surface area (Å²) in [6.45, 7) is 2.05. The fourth-order valence-corrected chi connectivity index (χ4v) is 1.02. The van der Waals surface area contributed by atoms with Crippen LogP contribution in [0, 0.1) is 0 Å². The molecule has 4 heteroatoms. The Kier molecular flexibility index (Phi) is 4.47. The molecule has 0 aliphatic heterocycles. The molecule has 1 rings (SSSR count). The highest BCUT2D eigenvalue weighted by Gasteiger charge is 2.02. The predicted octanol–water partition coefficient (Wildman–Crippen LogP) is 1.64. The molecular formula is C11H14O4. The minimum absolute atomic E-state index is 0.0693. The van der Waals surface area contributed by atoms with E-state index in [4.69, 9.17) is 14.2 Å². The molecule has 0 aliphatic carbocycles. The summed E-state index contributed by atoms with van der Waals surface area (Å²) in [7, 11) is 1.59. The van der Waals surface area contributed by atoms with E-state index in [0.29, 0.717) is 12.4 Å². The summed E-state index contributed by atoms with van der Waals surface area (Å²) in [4.78, 5) is 11.0. The summed E-state index contributed by atoms with van der Waals surface area (Å²) in [5.41, 5.74) is 0. The fourth-order valence-electron chi connectivity index (χ4n) is 1.02. The van der Waals surface area contributed by atoms with E-state index >= 15 is 0 Å². The van der Waals surface area contributed by atoms with E-state index in [0.717, 1.165) is 5.75 Å². The van der Waals surface area contributed by atoms with Gasteiger partial charge in [-0.2, -0.15) is 0 Å². The molecule has 0 N–H and O–H groups in total. The van der Waals surface area contributed by atoms with Gasteiger partial charge in [-0.05, 0) is 31.2 Å². The van der Waals surface area contributed by atoms with Crippen LogP contribution in [0.1, 0.15) is 6.92 Å². The van der Waals surface area contributed by atoms with Gasteiger partial charge in [-0.3, -0.25) is 0 Å². The normalized spacial score (nSPS) is 9.47. The molecule has 0 amide bonds. The molecule has 1 aromatic rings. The van der Waals surface area contributed by atoms with Crippen LogP contribution in [-0.4, -0.2) is 26.3 Å². The first-order valence-electron chi connectivity index (χ1n) is 4.68. The summed E-state index contributed by atoms with van der Waals surface area (Å²) in [5.74, 6) is 0.996. The summed E-state index contributed by atoms with van der Waals surface area (Å²) in [6, 6.07) is 7.00. The number of hydrogen-bond donors (Lipinski definition) is 0. The van der Waals surface area contributed by atoms with E-state index < -0.39 is 0 Å². The third-order valence-corrected chi connectivity index (χ3v) is 1.72. The van der Waals surface area contributed by atoms with Gasteiger partial charge < -0.3 is 14.2 Å². The van der Waals surface area contributed by atoms with Gasteiger partial charge in [0.15, 0.2) is 6.61 Å². The quantitative estimate of drug-likeness (QED) is 0.693. The number of carbonyl (C=O) groups is 1. The van der Waals surface area contributed by atoms with Gasteiger partial charge in [0, 0.05) is 0 Å². The van der Waals surface area contributed by atoms with E-state index in [9.17, 15) is 4.79 Å². The maximum absolute atomic E-state index is 11.0. The van der Waals surface area contributed by atoms with Gasteiger partial charge in [0.05, 0.1) is 13.7 Å². The standard InChI is InChI=1S/C11H14O4/c1-3-14-11(12)8-15-10-6-4-9(13-2)5-7-10/h4-7H,3,8H2,1-2H3. The number of methoxy groups -OCH3 is 1. The molecule has 0 bridgehead atoms. The monoisotopic (exact) mass is 210 g/mol. The molecule has 0 aromatic heterocycles. The van der Waals surface area contributed by atoms with Gasteiger partial charge in [-0.1, -0.05) is 0 Å². The lowest BCUT2D eigenvalue weighted by atomic mass is 10.3. The van der Waals surface area contributed by atoms with Gasteiger partial charge >= 0.3 is 5.97 Å². The zero-order chi connectivity index (χ0) is 11.1. The highest BCUT2D eigenvalue weighted by Crippen LogP contribution is 2.16. The van der Waals surface area contributed by atoms with Crippen LogP contribution < -0.4 is 9.47 Å². The van der Waals surface area contributed by atoms with Gasteiger partial charge in [0.1, 0.15) is 11.5 Å². The van der Waals surface area contributed by atoms with E-state index in [1.54, 1.807) is 38.3 Å². The summed E-state index contributed by atoms with van der Waals surface area (Å²) < 4.78 is 14.9. The molecular weight excluding hydrogens is 196 g/mol.